The van der Waals surface area contributed by atoms with Gasteiger partial charge in [-0.1, -0.05) is 324 Å². The van der Waals surface area contributed by atoms with Crippen molar-refractivity contribution in [3.05, 3.63) is 0 Å². The number of esters is 2. The van der Waals surface area contributed by atoms with Crippen LogP contribution >= 0.6 is 15.6 Å². The van der Waals surface area contributed by atoms with Crippen molar-refractivity contribution < 1.29 is 85.4 Å². The van der Waals surface area contributed by atoms with Gasteiger partial charge in [0, 0.05) is 38.8 Å². The molecule has 0 aromatic rings. The van der Waals surface area contributed by atoms with Gasteiger partial charge in [-0.25, -0.2) is 9.13 Å². The van der Waals surface area contributed by atoms with Gasteiger partial charge in [-0.15, -0.1) is 0 Å². The van der Waals surface area contributed by atoms with Crippen molar-refractivity contribution in [3.8, 4) is 0 Å². The lowest BCUT2D eigenvalue weighted by Gasteiger charge is -2.24. The van der Waals surface area contributed by atoms with Gasteiger partial charge in [0.1, 0.15) is 31.1 Å². The number of hydrogen-bond donors (Lipinski definition) is 8. The standard InChI is InChI=1S/C85H170N4O18P2/c1-7-13-19-25-29-33-35-39-41-47-53-59-80(90)88-76(72-100-67-63-78(57-51-45-23-17-11-5)106-84(94)61-55-49-43-37-31-27-21-15-9-3)74-104-108(96,97)102-69-65-86-82(92)71-83(93)87-66-70-103-109(98,99)105-75-77(89-81(91)60-54-48-42-40-36-34-30-26-20-14-8-2)73-101-68-64-79(58-52-46-24-18-12-6)107-85(95)62-56-50-44-38-32-28-22-16-10-4/h76-81,88-91H,7-75H2,1-6H3,(H,86,92)(H,87,93)(H,96,97)(H,98,99). The van der Waals surface area contributed by atoms with Gasteiger partial charge >= 0.3 is 27.6 Å². The molecule has 22 nitrogen and oxygen atoms in total. The van der Waals surface area contributed by atoms with E-state index in [2.05, 4.69) is 62.8 Å². The monoisotopic (exact) mass is 1600 g/mol. The van der Waals surface area contributed by atoms with Crippen molar-refractivity contribution in [3.63, 3.8) is 0 Å². The molecular weight excluding hydrogens is 1430 g/mol. The van der Waals surface area contributed by atoms with Crippen molar-refractivity contribution in [1.82, 2.24) is 21.3 Å². The molecule has 8 N–H and O–H groups in total. The Morgan fingerprint density at radius 1 is 0.303 bits per heavy atom. The van der Waals surface area contributed by atoms with E-state index in [-0.39, 0.29) is 76.9 Å². The topological polar surface area (TPSA) is 305 Å². The summed E-state index contributed by atoms with van der Waals surface area (Å²) in [5.41, 5.74) is 0. The molecule has 8 atom stereocenters. The molecule has 0 aromatic heterocycles. The van der Waals surface area contributed by atoms with Crippen LogP contribution in [0.3, 0.4) is 0 Å². The average Bonchev–Trinajstić information content (AvgIpc) is 0.927. The SMILES string of the molecule is CCCCCCCCCCCCCC(O)NC(COCCC(CCCCCCC)OC(=O)CCCCCCCCCCC)COP(=O)(O)OCCNC(=O)CC(=O)NCCOP(=O)(O)OCC(COCCC(CCCCCCC)OC(=O)CCCCCCCCCCC)NC(O)CCCCCCCCCCCCC. The van der Waals surface area contributed by atoms with E-state index in [1.165, 1.54) is 167 Å². The van der Waals surface area contributed by atoms with Crippen LogP contribution in [0.5, 0.6) is 0 Å². The van der Waals surface area contributed by atoms with E-state index in [9.17, 15) is 48.3 Å². The molecule has 0 rings (SSSR count). The fourth-order valence-electron chi connectivity index (χ4n) is 13.4. The van der Waals surface area contributed by atoms with Crippen molar-refractivity contribution in [2.24, 2.45) is 0 Å². The number of hydrogen-bond acceptors (Lipinski definition) is 18. The largest absolute Gasteiger partial charge is 0.472 e. The molecule has 0 fully saturated rings. The van der Waals surface area contributed by atoms with Gasteiger partial charge in [-0.2, -0.15) is 0 Å². The summed E-state index contributed by atoms with van der Waals surface area (Å²) in [6.45, 7) is 11.7. The Morgan fingerprint density at radius 3 is 0.826 bits per heavy atom. The number of aliphatic hydroxyl groups is 2. The second-order valence-corrected chi connectivity index (χ2v) is 33.9. The van der Waals surface area contributed by atoms with E-state index in [0.29, 0.717) is 38.5 Å². The van der Waals surface area contributed by atoms with E-state index in [0.717, 1.165) is 167 Å². The molecular formula is C85H170N4O18P2. The first-order valence-corrected chi connectivity index (χ1v) is 48.1. The molecule has 0 aliphatic carbocycles. The molecule has 648 valence electrons. The molecule has 109 heavy (non-hydrogen) atoms. The molecule has 0 spiro atoms. The number of unbranched alkanes of at least 4 members (excludes halogenated alkanes) is 44. The number of rotatable bonds is 88. The first kappa shape index (κ1) is 107. The van der Waals surface area contributed by atoms with Crippen LogP contribution in [0.1, 0.15) is 420 Å². The minimum atomic E-state index is -4.70. The maximum absolute atomic E-state index is 13.2. The zero-order valence-electron chi connectivity index (χ0n) is 70.7. The van der Waals surface area contributed by atoms with Crippen LogP contribution in [0.4, 0.5) is 0 Å². The number of amides is 2. The predicted octanol–water partition coefficient (Wildman–Crippen LogP) is 21.0. The third-order valence-electron chi connectivity index (χ3n) is 20.2. The second kappa shape index (κ2) is 79.7. The number of carbonyl (C=O) groups is 4. The number of ether oxygens (including phenoxy) is 4. The van der Waals surface area contributed by atoms with Gasteiger partial charge in [0.25, 0.3) is 0 Å². The van der Waals surface area contributed by atoms with Gasteiger partial charge in [-0.05, 0) is 64.2 Å². The summed E-state index contributed by atoms with van der Waals surface area (Å²) in [5, 5.41) is 33.4. The van der Waals surface area contributed by atoms with Crippen LogP contribution in [0.25, 0.3) is 0 Å². The lowest BCUT2D eigenvalue weighted by molar-refractivity contribution is -0.151. The Bertz CT molecular complexity index is 1990. The number of phosphoric acid groups is 2. The molecule has 0 saturated carbocycles. The Morgan fingerprint density at radius 2 is 0.550 bits per heavy atom. The van der Waals surface area contributed by atoms with Crippen molar-refractivity contribution in [2.75, 3.05) is 65.9 Å². The Hall–Kier alpha value is -2.14. The van der Waals surface area contributed by atoms with Gasteiger partial charge in [0.05, 0.1) is 64.9 Å². The Labute approximate surface area is 665 Å². The first-order valence-electron chi connectivity index (χ1n) is 45.1. The van der Waals surface area contributed by atoms with Gasteiger partial charge < -0.3 is 49.6 Å². The van der Waals surface area contributed by atoms with Crippen LogP contribution in [0.15, 0.2) is 0 Å². The molecule has 0 radical (unpaired) electrons. The Balaban J connectivity index is 5.51. The van der Waals surface area contributed by atoms with E-state index in [4.69, 9.17) is 37.0 Å². The van der Waals surface area contributed by atoms with Crippen LogP contribution in [-0.4, -0.2) is 146 Å². The zero-order valence-corrected chi connectivity index (χ0v) is 72.4. The Kier molecular flexibility index (Phi) is 78.1. The first-order chi connectivity index (χ1) is 52.9. The highest BCUT2D eigenvalue weighted by atomic mass is 31.2. The highest BCUT2D eigenvalue weighted by Gasteiger charge is 2.28. The van der Waals surface area contributed by atoms with Crippen molar-refractivity contribution in [1.29, 1.82) is 0 Å². The normalized spacial score (nSPS) is 14.6. The zero-order chi connectivity index (χ0) is 80.0. The maximum Gasteiger partial charge on any atom is 0.472 e. The highest BCUT2D eigenvalue weighted by molar-refractivity contribution is 7.47. The fourth-order valence-corrected chi connectivity index (χ4v) is 15.0. The van der Waals surface area contributed by atoms with E-state index in [1.807, 2.05) is 0 Å². The number of carbonyl (C=O) groups excluding carboxylic acids is 4. The maximum atomic E-state index is 13.2. The summed E-state index contributed by atoms with van der Waals surface area (Å²) >= 11 is 0. The van der Waals surface area contributed by atoms with Crippen LogP contribution in [0, 0.1) is 0 Å². The number of aliphatic hydroxyl groups excluding tert-OH is 2. The number of nitrogens with one attached hydrogen (secondary N) is 4. The fraction of sp³-hybridized carbons (Fsp3) is 0.953. The quantitative estimate of drug-likeness (QED) is 0.00922. The predicted molar refractivity (Wildman–Crippen MR) is 443 cm³/mol. The third-order valence-corrected chi connectivity index (χ3v) is 22.2. The van der Waals surface area contributed by atoms with E-state index in [1.54, 1.807) is 0 Å². The molecule has 0 heterocycles. The minimum Gasteiger partial charge on any atom is -0.462 e. The highest BCUT2D eigenvalue weighted by Crippen LogP contribution is 2.44. The van der Waals surface area contributed by atoms with Crippen LogP contribution in [0.2, 0.25) is 0 Å². The van der Waals surface area contributed by atoms with E-state index >= 15 is 0 Å². The summed E-state index contributed by atoms with van der Waals surface area (Å²) in [6, 6.07) is -1.43. The molecule has 0 aliphatic rings. The summed E-state index contributed by atoms with van der Waals surface area (Å²) in [6.07, 6.45) is 58.5. The van der Waals surface area contributed by atoms with Crippen molar-refractivity contribution >= 4 is 39.4 Å². The lowest BCUT2D eigenvalue weighted by Crippen LogP contribution is -2.44. The summed E-state index contributed by atoms with van der Waals surface area (Å²) in [4.78, 5) is 73.1. The van der Waals surface area contributed by atoms with Gasteiger partial charge in [-0.3, -0.25) is 47.9 Å². The third kappa shape index (κ3) is 76.9. The molecule has 0 aromatic carbocycles. The van der Waals surface area contributed by atoms with E-state index < -0.39 is 71.6 Å². The van der Waals surface area contributed by atoms with Crippen LogP contribution in [-0.2, 0) is 65.4 Å². The second-order valence-electron chi connectivity index (χ2n) is 31.0. The van der Waals surface area contributed by atoms with Crippen LogP contribution < -0.4 is 21.3 Å². The average molecular weight is 1600 g/mol. The summed E-state index contributed by atoms with van der Waals surface area (Å²) in [5.74, 6) is -1.82. The molecule has 8 unspecified atom stereocenters. The molecule has 0 bridgehead atoms. The summed E-state index contributed by atoms with van der Waals surface area (Å²) < 4.78 is 71.8. The van der Waals surface area contributed by atoms with Gasteiger partial charge in [0.2, 0.25) is 11.8 Å². The van der Waals surface area contributed by atoms with Gasteiger partial charge in [0.15, 0.2) is 0 Å². The number of phosphoric ester groups is 2. The molecule has 24 heteroatoms. The molecule has 0 aliphatic heterocycles. The smallest absolute Gasteiger partial charge is 0.462 e. The summed E-state index contributed by atoms with van der Waals surface area (Å²) in [7, 11) is -9.39. The lowest BCUT2D eigenvalue weighted by atomic mass is 10.0. The minimum absolute atomic E-state index is 0.0186. The van der Waals surface area contributed by atoms with Crippen molar-refractivity contribution in [2.45, 2.75) is 457 Å². The molecule has 0 saturated heterocycles. The molecule has 2 amide bonds.